The lowest BCUT2D eigenvalue weighted by atomic mass is 10.1. The first-order valence-corrected chi connectivity index (χ1v) is 7.99. The topological polar surface area (TPSA) is 52.6 Å². The van der Waals surface area contributed by atoms with Crippen LogP contribution in [-0.2, 0) is 25.7 Å². The van der Waals surface area contributed by atoms with E-state index < -0.39 is 0 Å². The standard InChI is InChI=1S/C18H26O4/c1-3-4-5-8-13-21-17(19)11-12-18(20)22-14-16-10-7-6-9-15(16)2/h6-7,9-10H,3-5,8,11-14H2,1-2H3. The van der Waals surface area contributed by atoms with Crippen LogP contribution in [0.25, 0.3) is 0 Å². The van der Waals surface area contributed by atoms with Crippen molar-refractivity contribution in [2.75, 3.05) is 6.61 Å². The zero-order valence-corrected chi connectivity index (χ0v) is 13.6. The molecule has 122 valence electrons. The predicted octanol–water partition coefficient (Wildman–Crippen LogP) is 3.94. The van der Waals surface area contributed by atoms with Gasteiger partial charge in [0.15, 0.2) is 0 Å². The van der Waals surface area contributed by atoms with Crippen LogP contribution in [0.15, 0.2) is 24.3 Å². The summed E-state index contributed by atoms with van der Waals surface area (Å²) in [5.74, 6) is -0.699. The Hall–Kier alpha value is -1.84. The summed E-state index contributed by atoms with van der Waals surface area (Å²) >= 11 is 0. The van der Waals surface area contributed by atoms with E-state index in [0.717, 1.165) is 36.8 Å². The van der Waals surface area contributed by atoms with Crippen LogP contribution < -0.4 is 0 Å². The number of aryl methyl sites for hydroxylation is 1. The summed E-state index contributed by atoms with van der Waals surface area (Å²) in [7, 11) is 0. The van der Waals surface area contributed by atoms with Crippen LogP contribution in [0.5, 0.6) is 0 Å². The number of unbranched alkanes of at least 4 members (excludes halogenated alkanes) is 3. The normalized spacial score (nSPS) is 10.3. The molecule has 4 nitrogen and oxygen atoms in total. The molecule has 1 aromatic rings. The minimum atomic E-state index is -0.369. The number of hydrogen-bond acceptors (Lipinski definition) is 4. The second kappa shape index (κ2) is 10.8. The van der Waals surface area contributed by atoms with E-state index in [9.17, 15) is 9.59 Å². The van der Waals surface area contributed by atoms with Gasteiger partial charge >= 0.3 is 11.9 Å². The Morgan fingerprint density at radius 1 is 0.955 bits per heavy atom. The van der Waals surface area contributed by atoms with Crippen molar-refractivity contribution in [1.82, 2.24) is 0 Å². The van der Waals surface area contributed by atoms with Crippen LogP contribution >= 0.6 is 0 Å². The van der Waals surface area contributed by atoms with Gasteiger partial charge in [0.1, 0.15) is 6.61 Å². The van der Waals surface area contributed by atoms with Crippen LogP contribution in [0.3, 0.4) is 0 Å². The van der Waals surface area contributed by atoms with Gasteiger partial charge in [0.2, 0.25) is 0 Å². The van der Waals surface area contributed by atoms with Gasteiger partial charge in [0, 0.05) is 0 Å². The fourth-order valence-corrected chi connectivity index (χ4v) is 1.99. The van der Waals surface area contributed by atoms with Gasteiger partial charge in [0.25, 0.3) is 0 Å². The van der Waals surface area contributed by atoms with Gasteiger partial charge in [-0.2, -0.15) is 0 Å². The van der Waals surface area contributed by atoms with Gasteiger partial charge in [-0.3, -0.25) is 9.59 Å². The fourth-order valence-electron chi connectivity index (χ4n) is 1.99. The molecular formula is C18H26O4. The number of benzene rings is 1. The molecule has 22 heavy (non-hydrogen) atoms. The van der Waals surface area contributed by atoms with Gasteiger partial charge in [-0.25, -0.2) is 0 Å². The van der Waals surface area contributed by atoms with Crippen LogP contribution in [0.1, 0.15) is 56.6 Å². The van der Waals surface area contributed by atoms with E-state index in [0.29, 0.717) is 6.61 Å². The molecule has 0 atom stereocenters. The van der Waals surface area contributed by atoms with Crippen molar-refractivity contribution in [1.29, 1.82) is 0 Å². The number of carbonyl (C=O) groups is 2. The zero-order valence-electron chi connectivity index (χ0n) is 13.6. The molecule has 0 aliphatic heterocycles. The summed E-state index contributed by atoms with van der Waals surface area (Å²) in [5.41, 5.74) is 2.07. The Bertz CT molecular complexity index is 468. The van der Waals surface area contributed by atoms with Crippen LogP contribution in [-0.4, -0.2) is 18.5 Å². The Kier molecular flexibility index (Phi) is 8.96. The average molecular weight is 306 g/mol. The first kappa shape index (κ1) is 18.2. The second-order valence-electron chi connectivity index (χ2n) is 5.37. The molecule has 0 aliphatic rings. The molecule has 0 saturated heterocycles. The summed E-state index contributed by atoms with van der Waals surface area (Å²) in [6.07, 6.45) is 4.42. The highest BCUT2D eigenvalue weighted by atomic mass is 16.5. The van der Waals surface area contributed by atoms with Crippen molar-refractivity contribution in [2.45, 2.75) is 59.0 Å². The van der Waals surface area contributed by atoms with E-state index in [1.54, 1.807) is 0 Å². The van der Waals surface area contributed by atoms with E-state index in [4.69, 9.17) is 9.47 Å². The number of carbonyl (C=O) groups excluding carboxylic acids is 2. The molecule has 0 N–H and O–H groups in total. The Balaban J connectivity index is 2.12. The lowest BCUT2D eigenvalue weighted by molar-refractivity contribution is -0.151. The maximum absolute atomic E-state index is 11.6. The van der Waals surface area contributed by atoms with Crippen molar-refractivity contribution < 1.29 is 19.1 Å². The minimum absolute atomic E-state index is 0.0691. The molecule has 1 aromatic carbocycles. The molecule has 0 bridgehead atoms. The monoisotopic (exact) mass is 306 g/mol. The van der Waals surface area contributed by atoms with Crippen molar-refractivity contribution in [3.05, 3.63) is 35.4 Å². The molecular weight excluding hydrogens is 280 g/mol. The number of esters is 2. The number of rotatable bonds is 10. The molecule has 1 rings (SSSR count). The van der Waals surface area contributed by atoms with E-state index in [-0.39, 0.29) is 31.4 Å². The second-order valence-corrected chi connectivity index (χ2v) is 5.37. The summed E-state index contributed by atoms with van der Waals surface area (Å²) in [6.45, 7) is 4.79. The van der Waals surface area contributed by atoms with E-state index >= 15 is 0 Å². The third kappa shape index (κ3) is 7.81. The molecule has 0 aliphatic carbocycles. The molecule has 4 heteroatoms. The summed E-state index contributed by atoms with van der Waals surface area (Å²) in [6, 6.07) is 7.75. The highest BCUT2D eigenvalue weighted by Gasteiger charge is 2.09. The van der Waals surface area contributed by atoms with Crippen molar-refractivity contribution >= 4 is 11.9 Å². The lowest BCUT2D eigenvalue weighted by Crippen LogP contribution is -2.11. The number of hydrogen-bond donors (Lipinski definition) is 0. The Morgan fingerprint density at radius 3 is 2.32 bits per heavy atom. The molecule has 0 amide bonds. The van der Waals surface area contributed by atoms with Crippen LogP contribution in [0.2, 0.25) is 0 Å². The highest BCUT2D eigenvalue weighted by Crippen LogP contribution is 2.09. The van der Waals surface area contributed by atoms with Crippen molar-refractivity contribution in [3.63, 3.8) is 0 Å². The Labute approximate surface area is 132 Å². The molecule has 0 spiro atoms. The molecule has 0 aromatic heterocycles. The average Bonchev–Trinajstić information content (AvgIpc) is 2.52. The summed E-state index contributed by atoms with van der Waals surface area (Å²) in [4.78, 5) is 23.1. The van der Waals surface area contributed by atoms with Crippen LogP contribution in [0, 0.1) is 6.92 Å². The first-order valence-electron chi connectivity index (χ1n) is 7.99. The quantitative estimate of drug-likeness (QED) is 0.485. The van der Waals surface area contributed by atoms with Gasteiger partial charge in [-0.1, -0.05) is 50.5 Å². The van der Waals surface area contributed by atoms with Gasteiger partial charge in [-0.15, -0.1) is 0 Å². The molecule has 0 saturated carbocycles. The highest BCUT2D eigenvalue weighted by molar-refractivity contribution is 5.77. The van der Waals surface area contributed by atoms with Crippen molar-refractivity contribution in [2.24, 2.45) is 0 Å². The van der Waals surface area contributed by atoms with Crippen LogP contribution in [0.4, 0.5) is 0 Å². The molecule has 0 unspecified atom stereocenters. The third-order valence-corrected chi connectivity index (χ3v) is 3.44. The maximum Gasteiger partial charge on any atom is 0.306 e. The molecule has 0 radical (unpaired) electrons. The minimum Gasteiger partial charge on any atom is -0.466 e. The van der Waals surface area contributed by atoms with Crippen molar-refractivity contribution in [3.8, 4) is 0 Å². The summed E-state index contributed by atoms with van der Waals surface area (Å²) < 4.78 is 10.2. The lowest BCUT2D eigenvalue weighted by Gasteiger charge is -2.07. The summed E-state index contributed by atoms with van der Waals surface area (Å²) in [5, 5.41) is 0. The van der Waals surface area contributed by atoms with E-state index in [1.807, 2.05) is 31.2 Å². The van der Waals surface area contributed by atoms with Gasteiger partial charge in [0.05, 0.1) is 19.4 Å². The third-order valence-electron chi connectivity index (χ3n) is 3.44. The van der Waals surface area contributed by atoms with Gasteiger partial charge < -0.3 is 9.47 Å². The smallest absolute Gasteiger partial charge is 0.306 e. The Morgan fingerprint density at radius 2 is 1.64 bits per heavy atom. The fraction of sp³-hybridized carbons (Fsp3) is 0.556. The largest absolute Gasteiger partial charge is 0.466 e. The zero-order chi connectivity index (χ0) is 16.2. The molecule has 0 heterocycles. The number of ether oxygens (including phenoxy) is 2. The molecule has 0 fully saturated rings. The SMILES string of the molecule is CCCCCCOC(=O)CCC(=O)OCc1ccccc1C. The van der Waals surface area contributed by atoms with E-state index in [2.05, 4.69) is 6.92 Å². The maximum atomic E-state index is 11.6. The first-order chi connectivity index (χ1) is 10.6. The van der Waals surface area contributed by atoms with E-state index in [1.165, 1.54) is 0 Å². The van der Waals surface area contributed by atoms with Gasteiger partial charge in [-0.05, 0) is 24.5 Å². The predicted molar refractivity (Wildman–Crippen MR) is 85.3 cm³/mol.